The van der Waals surface area contributed by atoms with Crippen LogP contribution in [0.2, 0.25) is 0 Å². The van der Waals surface area contributed by atoms with Crippen molar-refractivity contribution in [3.8, 4) is 16.9 Å². The molecule has 1 aromatic heterocycles. The molecular formula is C20H19NO4. The monoisotopic (exact) mass is 337 g/mol. The summed E-state index contributed by atoms with van der Waals surface area (Å²) in [5, 5.41) is 3.20. The van der Waals surface area contributed by atoms with E-state index in [-0.39, 0.29) is 23.1 Å². The summed E-state index contributed by atoms with van der Waals surface area (Å²) in [6.07, 6.45) is 0. The van der Waals surface area contributed by atoms with E-state index in [1.165, 1.54) is 0 Å². The Morgan fingerprint density at radius 3 is 2.40 bits per heavy atom. The van der Waals surface area contributed by atoms with Crippen LogP contribution < -0.4 is 15.5 Å². The van der Waals surface area contributed by atoms with E-state index in [9.17, 15) is 9.59 Å². The van der Waals surface area contributed by atoms with Crippen LogP contribution in [0.3, 0.4) is 0 Å². The average molecular weight is 337 g/mol. The minimum atomic E-state index is -0.236. The van der Waals surface area contributed by atoms with Gasteiger partial charge in [0.15, 0.2) is 0 Å². The summed E-state index contributed by atoms with van der Waals surface area (Å²) in [5.74, 6) is 0.392. The van der Waals surface area contributed by atoms with Crippen LogP contribution in [0.15, 0.2) is 57.7 Å². The van der Waals surface area contributed by atoms with Crippen LogP contribution in [0.25, 0.3) is 22.1 Å². The maximum absolute atomic E-state index is 13.0. The molecule has 2 aromatic carbocycles. The first kappa shape index (κ1) is 16.8. The van der Waals surface area contributed by atoms with Crippen LogP contribution >= 0.6 is 0 Å². The Morgan fingerprint density at radius 2 is 1.76 bits per heavy atom. The number of amides is 1. The SMILES string of the molecule is COc1ccc(-c2c(NC(=O)C(C)C)oc3ccccc3c2=O)cc1. The van der Waals surface area contributed by atoms with E-state index in [0.29, 0.717) is 27.8 Å². The number of fused-ring (bicyclic) bond motifs is 1. The van der Waals surface area contributed by atoms with Crippen molar-refractivity contribution >= 4 is 22.8 Å². The van der Waals surface area contributed by atoms with Crippen LogP contribution in [0.1, 0.15) is 13.8 Å². The number of hydrogen-bond acceptors (Lipinski definition) is 4. The molecule has 0 spiro atoms. The van der Waals surface area contributed by atoms with Gasteiger partial charge in [-0.2, -0.15) is 0 Å². The van der Waals surface area contributed by atoms with Crippen molar-refractivity contribution in [2.75, 3.05) is 12.4 Å². The fraction of sp³-hybridized carbons (Fsp3) is 0.200. The van der Waals surface area contributed by atoms with E-state index in [2.05, 4.69) is 5.32 Å². The Morgan fingerprint density at radius 1 is 1.08 bits per heavy atom. The van der Waals surface area contributed by atoms with Crippen LogP contribution in [-0.4, -0.2) is 13.0 Å². The summed E-state index contributed by atoms with van der Waals surface area (Å²) < 4.78 is 11.0. The number of anilines is 1. The molecule has 128 valence electrons. The standard InChI is InChI=1S/C20H19NO4/c1-12(2)19(23)21-20-17(13-8-10-14(24-3)11-9-13)18(22)15-6-4-5-7-16(15)25-20/h4-12H,1-3H3,(H,21,23). The zero-order valence-electron chi connectivity index (χ0n) is 14.3. The van der Waals surface area contributed by atoms with Crippen LogP contribution in [-0.2, 0) is 4.79 Å². The number of nitrogens with one attached hydrogen (secondary N) is 1. The van der Waals surface area contributed by atoms with Gasteiger partial charge >= 0.3 is 0 Å². The summed E-state index contributed by atoms with van der Waals surface area (Å²) in [6.45, 7) is 3.56. The highest BCUT2D eigenvalue weighted by Gasteiger charge is 2.19. The average Bonchev–Trinajstić information content (AvgIpc) is 2.62. The van der Waals surface area contributed by atoms with Gasteiger partial charge in [-0.15, -0.1) is 0 Å². The predicted molar refractivity (Wildman–Crippen MR) is 97.9 cm³/mol. The topological polar surface area (TPSA) is 68.5 Å². The van der Waals surface area contributed by atoms with E-state index < -0.39 is 0 Å². The summed E-state index contributed by atoms with van der Waals surface area (Å²) >= 11 is 0. The summed E-state index contributed by atoms with van der Waals surface area (Å²) in [6, 6.07) is 14.0. The van der Waals surface area contributed by atoms with Gasteiger partial charge in [-0.1, -0.05) is 38.1 Å². The van der Waals surface area contributed by atoms with Crippen molar-refractivity contribution in [2.45, 2.75) is 13.8 Å². The fourth-order valence-corrected chi connectivity index (χ4v) is 2.51. The lowest BCUT2D eigenvalue weighted by Crippen LogP contribution is -2.20. The Balaban J connectivity index is 2.23. The third kappa shape index (κ3) is 3.26. The number of hydrogen-bond donors (Lipinski definition) is 1. The van der Waals surface area contributed by atoms with Gasteiger partial charge in [0.1, 0.15) is 11.3 Å². The maximum Gasteiger partial charge on any atom is 0.229 e. The smallest absolute Gasteiger partial charge is 0.229 e. The Kier molecular flexibility index (Phi) is 4.57. The zero-order chi connectivity index (χ0) is 18.0. The molecule has 3 aromatic rings. The molecule has 0 atom stereocenters. The van der Waals surface area contributed by atoms with Crippen molar-refractivity contribution in [3.05, 3.63) is 58.8 Å². The number of methoxy groups -OCH3 is 1. The normalized spacial score (nSPS) is 10.9. The van der Waals surface area contributed by atoms with Gasteiger partial charge in [0.25, 0.3) is 0 Å². The Labute approximate surface area is 145 Å². The molecule has 0 aliphatic heterocycles. The van der Waals surface area contributed by atoms with E-state index in [1.807, 2.05) is 0 Å². The van der Waals surface area contributed by atoms with Crippen molar-refractivity contribution in [1.29, 1.82) is 0 Å². The van der Waals surface area contributed by atoms with Crippen molar-refractivity contribution in [3.63, 3.8) is 0 Å². The first-order valence-electron chi connectivity index (χ1n) is 8.02. The number of rotatable bonds is 4. The molecule has 25 heavy (non-hydrogen) atoms. The lowest BCUT2D eigenvalue weighted by atomic mass is 10.0. The Hall–Kier alpha value is -3.08. The third-order valence-corrected chi connectivity index (χ3v) is 3.94. The van der Waals surface area contributed by atoms with Crippen LogP contribution in [0.4, 0.5) is 5.88 Å². The zero-order valence-corrected chi connectivity index (χ0v) is 14.3. The number of carbonyl (C=O) groups excluding carboxylic acids is 1. The number of benzene rings is 2. The molecule has 1 heterocycles. The van der Waals surface area contributed by atoms with Gasteiger partial charge in [-0.25, -0.2) is 0 Å². The molecule has 0 saturated heterocycles. The van der Waals surface area contributed by atoms with E-state index in [0.717, 1.165) is 0 Å². The van der Waals surface area contributed by atoms with Crippen molar-refractivity contribution in [1.82, 2.24) is 0 Å². The van der Waals surface area contributed by atoms with Crippen LogP contribution in [0.5, 0.6) is 5.75 Å². The molecule has 0 bridgehead atoms. The van der Waals surface area contributed by atoms with Crippen LogP contribution in [0, 0.1) is 5.92 Å². The summed E-state index contributed by atoms with van der Waals surface area (Å²) in [5.41, 5.74) is 1.23. The fourth-order valence-electron chi connectivity index (χ4n) is 2.51. The quantitative estimate of drug-likeness (QED) is 0.779. The molecule has 0 aliphatic rings. The summed E-state index contributed by atoms with van der Waals surface area (Å²) in [7, 11) is 1.58. The van der Waals surface area contributed by atoms with E-state index >= 15 is 0 Å². The first-order chi connectivity index (χ1) is 12.0. The van der Waals surface area contributed by atoms with Crippen molar-refractivity contribution in [2.24, 2.45) is 5.92 Å². The van der Waals surface area contributed by atoms with Gasteiger partial charge < -0.3 is 9.15 Å². The molecule has 0 aliphatic carbocycles. The van der Waals surface area contributed by atoms with Crippen molar-refractivity contribution < 1.29 is 13.9 Å². The van der Waals surface area contributed by atoms with Gasteiger partial charge in [-0.3, -0.25) is 14.9 Å². The lowest BCUT2D eigenvalue weighted by molar-refractivity contribution is -0.119. The largest absolute Gasteiger partial charge is 0.497 e. The van der Waals surface area contributed by atoms with Gasteiger partial charge in [0.05, 0.1) is 18.1 Å². The second-order valence-corrected chi connectivity index (χ2v) is 6.00. The van der Waals surface area contributed by atoms with Gasteiger partial charge in [0, 0.05) is 5.92 Å². The molecule has 0 fully saturated rings. The highest BCUT2D eigenvalue weighted by Crippen LogP contribution is 2.30. The minimum Gasteiger partial charge on any atom is -0.497 e. The molecule has 5 nitrogen and oxygen atoms in total. The molecule has 1 N–H and O–H groups in total. The summed E-state index contributed by atoms with van der Waals surface area (Å²) in [4.78, 5) is 25.2. The molecule has 3 rings (SSSR count). The number of carbonyl (C=O) groups is 1. The molecule has 0 saturated carbocycles. The van der Waals surface area contributed by atoms with Gasteiger partial charge in [0.2, 0.25) is 17.2 Å². The second-order valence-electron chi connectivity index (χ2n) is 6.00. The highest BCUT2D eigenvalue weighted by molar-refractivity contribution is 5.96. The molecule has 0 unspecified atom stereocenters. The highest BCUT2D eigenvalue weighted by atomic mass is 16.5. The Bertz CT molecular complexity index is 971. The van der Waals surface area contributed by atoms with E-state index in [4.69, 9.17) is 9.15 Å². The minimum absolute atomic E-state index is 0.160. The predicted octanol–water partition coefficient (Wildman–Crippen LogP) is 4.06. The molecular weight excluding hydrogens is 318 g/mol. The number of para-hydroxylation sites is 1. The van der Waals surface area contributed by atoms with E-state index in [1.54, 1.807) is 69.5 Å². The second kappa shape index (κ2) is 6.81. The first-order valence-corrected chi connectivity index (χ1v) is 8.02. The number of ether oxygens (including phenoxy) is 1. The van der Waals surface area contributed by atoms with Gasteiger partial charge in [-0.05, 0) is 29.8 Å². The molecule has 5 heteroatoms. The maximum atomic E-state index is 13.0. The lowest BCUT2D eigenvalue weighted by Gasteiger charge is -2.13. The third-order valence-electron chi connectivity index (χ3n) is 3.94. The molecule has 1 amide bonds. The molecule has 0 radical (unpaired) electrons.